The molecule has 32 heavy (non-hydrogen) atoms. The summed E-state index contributed by atoms with van der Waals surface area (Å²) in [5.74, 6) is -0.250. The number of carbonyl (C=O) groups excluding carboxylic acids is 2. The fourth-order valence-electron chi connectivity index (χ4n) is 4.29. The molecule has 170 valence electrons. The average molecular weight is 439 g/mol. The topological polar surface area (TPSA) is 113 Å². The largest absolute Gasteiger partial charge is 0.399 e. The molecule has 0 spiro atoms. The monoisotopic (exact) mass is 438 g/mol. The maximum Gasteiger partial charge on any atom is 0.322 e. The Hall–Kier alpha value is -3.17. The number of aromatic nitrogens is 1. The summed E-state index contributed by atoms with van der Waals surface area (Å²) in [6.07, 6.45) is 2.80. The van der Waals surface area contributed by atoms with Crippen LogP contribution in [0.25, 0.3) is 0 Å². The molecule has 1 fully saturated rings. The normalized spacial score (nSPS) is 23.0. The van der Waals surface area contributed by atoms with Crippen LogP contribution in [0.5, 0.6) is 0 Å². The highest BCUT2D eigenvalue weighted by molar-refractivity contribution is 5.99. The number of amides is 3. The molecular formula is C23H30N6O3. The quantitative estimate of drug-likeness (QED) is 0.632. The molecule has 4 rings (SSSR count). The number of nitrogens with one attached hydrogen (secondary N) is 2. The number of hydrogen-bond donors (Lipinski definition) is 3. The van der Waals surface area contributed by atoms with Gasteiger partial charge >= 0.3 is 6.03 Å². The van der Waals surface area contributed by atoms with Crippen LogP contribution in [0.2, 0.25) is 0 Å². The van der Waals surface area contributed by atoms with Crippen LogP contribution in [-0.4, -0.2) is 66.1 Å². The Balaban J connectivity index is 1.47. The number of benzene rings is 1. The summed E-state index contributed by atoms with van der Waals surface area (Å²) in [5, 5.41) is 5.79. The van der Waals surface area contributed by atoms with Crippen molar-refractivity contribution >= 4 is 29.0 Å². The zero-order valence-corrected chi connectivity index (χ0v) is 18.7. The zero-order valence-electron chi connectivity index (χ0n) is 18.7. The van der Waals surface area contributed by atoms with Gasteiger partial charge in [-0.1, -0.05) is 0 Å². The number of rotatable bonds is 4. The molecule has 0 aliphatic carbocycles. The molecule has 4 N–H and O–H groups in total. The Bertz CT molecular complexity index is 996. The van der Waals surface area contributed by atoms with E-state index in [-0.39, 0.29) is 24.1 Å². The average Bonchev–Trinajstić information content (AvgIpc) is 3.23. The summed E-state index contributed by atoms with van der Waals surface area (Å²) in [4.78, 5) is 34.4. The van der Waals surface area contributed by atoms with Crippen molar-refractivity contribution < 1.29 is 14.3 Å². The molecule has 2 unspecified atom stereocenters. The van der Waals surface area contributed by atoms with Gasteiger partial charge in [-0.25, -0.2) is 4.79 Å². The van der Waals surface area contributed by atoms with E-state index in [4.69, 9.17) is 10.5 Å². The van der Waals surface area contributed by atoms with Crippen LogP contribution in [-0.2, 0) is 16.0 Å². The number of ether oxygens (including phenoxy) is 1. The third-order valence-corrected chi connectivity index (χ3v) is 6.38. The molecule has 9 nitrogen and oxygen atoms in total. The number of nitrogens with zero attached hydrogens (tertiary/aromatic N) is 3. The van der Waals surface area contributed by atoms with Crippen molar-refractivity contribution in [3.8, 4) is 0 Å². The minimum atomic E-state index is -0.644. The molecule has 1 aromatic heterocycles. The number of likely N-dealkylation sites (tertiary alicyclic amines) is 1. The van der Waals surface area contributed by atoms with E-state index in [1.165, 1.54) is 4.90 Å². The van der Waals surface area contributed by atoms with Gasteiger partial charge in [-0.2, -0.15) is 0 Å². The molecule has 1 saturated heterocycles. The van der Waals surface area contributed by atoms with Crippen LogP contribution in [0, 0.1) is 0 Å². The lowest BCUT2D eigenvalue weighted by molar-refractivity contribution is -0.119. The van der Waals surface area contributed by atoms with Gasteiger partial charge in [0.1, 0.15) is 6.04 Å². The predicted octanol–water partition coefficient (Wildman–Crippen LogP) is 2.47. The predicted molar refractivity (Wildman–Crippen MR) is 123 cm³/mol. The van der Waals surface area contributed by atoms with E-state index in [0.29, 0.717) is 30.0 Å². The SMILES string of the molecule is CO[C@@H]1CC(C(=O)Nc2cnc3c(c2)CCN(C)C3C)N(C(=O)Nc2ccc(N)cc2)C1. The van der Waals surface area contributed by atoms with Crippen molar-refractivity contribution in [2.75, 3.05) is 43.6 Å². The number of anilines is 3. The van der Waals surface area contributed by atoms with Crippen LogP contribution >= 0.6 is 0 Å². The lowest BCUT2D eigenvalue weighted by Gasteiger charge is -2.31. The van der Waals surface area contributed by atoms with Crippen molar-refractivity contribution in [2.24, 2.45) is 0 Å². The maximum atomic E-state index is 13.1. The molecule has 3 atom stereocenters. The Labute approximate surface area is 187 Å². The highest BCUT2D eigenvalue weighted by Gasteiger charge is 2.40. The van der Waals surface area contributed by atoms with E-state index < -0.39 is 6.04 Å². The number of carbonyl (C=O) groups is 2. The number of pyridine rings is 1. The van der Waals surface area contributed by atoms with Gasteiger partial charge in [-0.3, -0.25) is 14.7 Å². The highest BCUT2D eigenvalue weighted by atomic mass is 16.5. The van der Waals surface area contributed by atoms with Crippen molar-refractivity contribution in [2.45, 2.75) is 38.0 Å². The second-order valence-corrected chi connectivity index (χ2v) is 8.48. The van der Waals surface area contributed by atoms with Crippen LogP contribution in [0.4, 0.5) is 21.9 Å². The molecular weight excluding hydrogens is 408 g/mol. The second kappa shape index (κ2) is 9.13. The van der Waals surface area contributed by atoms with Crippen molar-refractivity contribution in [1.29, 1.82) is 0 Å². The molecule has 1 aromatic carbocycles. The minimum Gasteiger partial charge on any atom is -0.399 e. The molecule has 0 saturated carbocycles. The van der Waals surface area contributed by atoms with E-state index in [9.17, 15) is 9.59 Å². The van der Waals surface area contributed by atoms with E-state index in [1.807, 2.05) is 6.07 Å². The first kappa shape index (κ1) is 22.0. The molecule has 0 radical (unpaired) electrons. The zero-order chi connectivity index (χ0) is 22.8. The summed E-state index contributed by atoms with van der Waals surface area (Å²) >= 11 is 0. The number of likely N-dealkylation sites (N-methyl/N-ethyl adjacent to an activating group) is 1. The Morgan fingerprint density at radius 1 is 1.19 bits per heavy atom. The van der Waals surface area contributed by atoms with Crippen molar-refractivity contribution in [3.63, 3.8) is 0 Å². The Kier molecular flexibility index (Phi) is 6.29. The number of nitrogens with two attached hydrogens (primary N) is 1. The lowest BCUT2D eigenvalue weighted by Crippen LogP contribution is -2.45. The first-order valence-corrected chi connectivity index (χ1v) is 10.8. The van der Waals surface area contributed by atoms with Crippen molar-refractivity contribution in [1.82, 2.24) is 14.8 Å². The first-order valence-electron chi connectivity index (χ1n) is 10.8. The fraction of sp³-hybridized carbons (Fsp3) is 0.435. The number of urea groups is 1. The second-order valence-electron chi connectivity index (χ2n) is 8.48. The van der Waals surface area contributed by atoms with Gasteiger partial charge in [-0.05, 0) is 56.3 Å². The van der Waals surface area contributed by atoms with Gasteiger partial charge in [0.05, 0.1) is 23.7 Å². The van der Waals surface area contributed by atoms with Crippen molar-refractivity contribution in [3.05, 3.63) is 47.8 Å². The van der Waals surface area contributed by atoms with Gasteiger partial charge in [0.15, 0.2) is 0 Å². The van der Waals surface area contributed by atoms with E-state index >= 15 is 0 Å². The summed E-state index contributed by atoms with van der Waals surface area (Å²) < 4.78 is 5.45. The summed E-state index contributed by atoms with van der Waals surface area (Å²) in [6, 6.07) is 8.11. The van der Waals surface area contributed by atoms with Crippen LogP contribution in [0.3, 0.4) is 0 Å². The smallest absolute Gasteiger partial charge is 0.322 e. The standard InChI is InChI=1S/C23H30N6O3/c1-14-21-15(8-9-28(14)2)10-18(12-25-21)26-22(30)20-11-19(32-3)13-29(20)23(31)27-17-6-4-16(24)5-7-17/h4-7,10,12,14,19-20H,8-9,11,13,24H2,1-3H3,(H,26,30)(H,27,31)/t14?,19-,20?/m1/s1. The lowest BCUT2D eigenvalue weighted by atomic mass is 9.99. The van der Waals surface area contributed by atoms with Gasteiger partial charge in [0, 0.05) is 44.0 Å². The number of methoxy groups -OCH3 is 1. The highest BCUT2D eigenvalue weighted by Crippen LogP contribution is 2.29. The van der Waals surface area contributed by atoms with Crippen LogP contribution in [0.15, 0.2) is 36.5 Å². The fourth-order valence-corrected chi connectivity index (χ4v) is 4.29. The third kappa shape index (κ3) is 4.53. The Morgan fingerprint density at radius 3 is 2.66 bits per heavy atom. The number of nitrogen functional groups attached to an aromatic ring is 1. The molecule has 2 aliphatic heterocycles. The summed E-state index contributed by atoms with van der Waals surface area (Å²) in [5.41, 5.74) is 9.77. The van der Waals surface area contributed by atoms with Gasteiger partial charge in [0.25, 0.3) is 0 Å². The Morgan fingerprint density at radius 2 is 1.94 bits per heavy atom. The maximum absolute atomic E-state index is 13.1. The van der Waals surface area contributed by atoms with Gasteiger partial charge < -0.3 is 26.0 Å². The van der Waals surface area contributed by atoms with E-state index in [2.05, 4.69) is 34.5 Å². The van der Waals surface area contributed by atoms with Crippen LogP contribution < -0.4 is 16.4 Å². The molecule has 0 bridgehead atoms. The summed E-state index contributed by atoms with van der Waals surface area (Å²) in [7, 11) is 3.67. The summed E-state index contributed by atoms with van der Waals surface area (Å²) in [6.45, 7) is 3.41. The third-order valence-electron chi connectivity index (χ3n) is 6.38. The molecule has 3 heterocycles. The number of hydrogen-bond acceptors (Lipinski definition) is 6. The molecule has 9 heteroatoms. The molecule has 2 aliphatic rings. The first-order chi connectivity index (χ1) is 15.4. The number of fused-ring (bicyclic) bond motifs is 1. The molecule has 3 amide bonds. The van der Waals surface area contributed by atoms with Crippen LogP contribution in [0.1, 0.15) is 30.6 Å². The van der Waals surface area contributed by atoms with E-state index in [1.54, 1.807) is 37.6 Å². The van der Waals surface area contributed by atoms with Gasteiger partial charge in [0.2, 0.25) is 5.91 Å². The molecule has 2 aromatic rings. The van der Waals surface area contributed by atoms with E-state index in [0.717, 1.165) is 24.2 Å². The van der Waals surface area contributed by atoms with Gasteiger partial charge in [-0.15, -0.1) is 0 Å². The minimum absolute atomic E-state index is 0.207.